The molecule has 0 spiro atoms. The van der Waals surface area contributed by atoms with Crippen LogP contribution in [0.2, 0.25) is 5.15 Å². The Labute approximate surface area is 128 Å². The van der Waals surface area contributed by atoms with Crippen LogP contribution in [0.4, 0.5) is 5.69 Å². The van der Waals surface area contributed by atoms with Gasteiger partial charge in [0.05, 0.1) is 12.2 Å². The molecule has 0 aliphatic carbocycles. The Kier molecular flexibility index (Phi) is 5.54. The van der Waals surface area contributed by atoms with E-state index in [0.717, 1.165) is 11.3 Å². The maximum Gasteiger partial charge on any atom is 0.253 e. The van der Waals surface area contributed by atoms with Crippen LogP contribution in [0.5, 0.6) is 0 Å². The van der Waals surface area contributed by atoms with E-state index in [1.807, 2.05) is 18.2 Å². The quantitative estimate of drug-likeness (QED) is 0.714. The summed E-state index contributed by atoms with van der Waals surface area (Å²) in [4.78, 5) is 16.0. The lowest BCUT2D eigenvalue weighted by Gasteiger charge is -2.12. The third kappa shape index (κ3) is 4.44. The molecule has 0 fully saturated rings. The van der Waals surface area contributed by atoms with Crippen LogP contribution in [0.25, 0.3) is 0 Å². The first-order valence-corrected chi connectivity index (χ1v) is 6.91. The predicted molar refractivity (Wildman–Crippen MR) is 82.4 cm³/mol. The molecule has 0 radical (unpaired) electrons. The molecule has 2 aromatic rings. The van der Waals surface area contributed by atoms with Crippen molar-refractivity contribution in [1.82, 2.24) is 10.3 Å². The van der Waals surface area contributed by atoms with E-state index in [4.69, 9.17) is 16.7 Å². The number of aliphatic hydroxyl groups is 1. The van der Waals surface area contributed by atoms with Crippen molar-refractivity contribution >= 4 is 23.2 Å². The number of rotatable bonds is 6. The smallest absolute Gasteiger partial charge is 0.253 e. The van der Waals surface area contributed by atoms with Gasteiger partial charge in [-0.1, -0.05) is 29.8 Å². The Morgan fingerprint density at radius 2 is 2.05 bits per heavy atom. The second kappa shape index (κ2) is 7.61. The SMILES string of the molecule is O=C(NCCO)c1ccccc1NCc1ccc(Cl)nc1. The molecule has 5 nitrogen and oxygen atoms in total. The summed E-state index contributed by atoms with van der Waals surface area (Å²) in [6, 6.07) is 10.8. The molecule has 0 saturated heterocycles. The molecule has 6 heteroatoms. The minimum absolute atomic E-state index is 0.0855. The maximum absolute atomic E-state index is 12.0. The van der Waals surface area contributed by atoms with Gasteiger partial charge in [-0.05, 0) is 23.8 Å². The summed E-state index contributed by atoms with van der Waals surface area (Å²) < 4.78 is 0. The van der Waals surface area contributed by atoms with Gasteiger partial charge in [0.1, 0.15) is 5.15 Å². The molecule has 3 N–H and O–H groups in total. The monoisotopic (exact) mass is 305 g/mol. The Morgan fingerprint density at radius 1 is 1.24 bits per heavy atom. The predicted octanol–water partition coefficient (Wildman–Crippen LogP) is 2.07. The molecule has 0 aliphatic rings. The van der Waals surface area contributed by atoms with Crippen molar-refractivity contribution in [2.24, 2.45) is 0 Å². The number of pyridine rings is 1. The van der Waals surface area contributed by atoms with Crippen molar-refractivity contribution in [2.45, 2.75) is 6.54 Å². The Hall–Kier alpha value is -2.11. The van der Waals surface area contributed by atoms with Crippen LogP contribution < -0.4 is 10.6 Å². The molecule has 21 heavy (non-hydrogen) atoms. The van der Waals surface area contributed by atoms with Crippen molar-refractivity contribution in [3.63, 3.8) is 0 Å². The van der Waals surface area contributed by atoms with Crippen molar-refractivity contribution in [3.05, 3.63) is 58.9 Å². The van der Waals surface area contributed by atoms with Crippen LogP contribution in [0.1, 0.15) is 15.9 Å². The molecule has 2 rings (SSSR count). The molecule has 110 valence electrons. The highest BCUT2D eigenvalue weighted by Crippen LogP contribution is 2.16. The summed E-state index contributed by atoms with van der Waals surface area (Å²) in [5.41, 5.74) is 2.22. The molecular formula is C15H16ClN3O2. The zero-order valence-electron chi connectivity index (χ0n) is 11.3. The van der Waals surface area contributed by atoms with Gasteiger partial charge in [-0.25, -0.2) is 4.98 Å². The number of nitrogens with one attached hydrogen (secondary N) is 2. The number of carbonyl (C=O) groups is 1. The van der Waals surface area contributed by atoms with Gasteiger partial charge in [0.2, 0.25) is 0 Å². The van der Waals surface area contributed by atoms with Gasteiger partial charge < -0.3 is 15.7 Å². The highest BCUT2D eigenvalue weighted by molar-refractivity contribution is 6.29. The van der Waals surface area contributed by atoms with Gasteiger partial charge in [-0.15, -0.1) is 0 Å². The van der Waals surface area contributed by atoms with Crippen molar-refractivity contribution in [1.29, 1.82) is 0 Å². The highest BCUT2D eigenvalue weighted by atomic mass is 35.5. The lowest BCUT2D eigenvalue weighted by atomic mass is 10.1. The first-order valence-electron chi connectivity index (χ1n) is 6.53. The summed E-state index contributed by atoms with van der Waals surface area (Å²) >= 11 is 5.74. The number of aliphatic hydroxyl groups excluding tert-OH is 1. The van der Waals surface area contributed by atoms with Crippen LogP contribution in [0, 0.1) is 0 Å². The number of benzene rings is 1. The van der Waals surface area contributed by atoms with Gasteiger partial charge in [0, 0.05) is 25.0 Å². The van der Waals surface area contributed by atoms with Crippen molar-refractivity contribution < 1.29 is 9.90 Å². The first-order chi connectivity index (χ1) is 10.2. The van der Waals surface area contributed by atoms with E-state index < -0.39 is 0 Å². The summed E-state index contributed by atoms with van der Waals surface area (Å²) in [5.74, 6) is -0.221. The van der Waals surface area contributed by atoms with E-state index in [9.17, 15) is 4.79 Å². The summed E-state index contributed by atoms with van der Waals surface area (Å²) in [6.07, 6.45) is 1.68. The maximum atomic E-state index is 12.0. The van der Waals surface area contributed by atoms with E-state index >= 15 is 0 Å². The Bertz CT molecular complexity index is 602. The van der Waals surface area contributed by atoms with Crippen LogP contribution in [-0.4, -0.2) is 29.1 Å². The fourth-order valence-corrected chi connectivity index (χ4v) is 1.92. The number of para-hydroxylation sites is 1. The number of hydrogen-bond acceptors (Lipinski definition) is 4. The molecular weight excluding hydrogens is 290 g/mol. The van der Waals surface area contributed by atoms with Crippen LogP contribution in [0.3, 0.4) is 0 Å². The molecule has 1 aromatic heterocycles. The van der Waals surface area contributed by atoms with Crippen molar-refractivity contribution in [2.75, 3.05) is 18.5 Å². The third-order valence-electron chi connectivity index (χ3n) is 2.84. The Morgan fingerprint density at radius 3 is 2.76 bits per heavy atom. The fraction of sp³-hybridized carbons (Fsp3) is 0.200. The highest BCUT2D eigenvalue weighted by Gasteiger charge is 2.09. The van der Waals surface area contributed by atoms with Gasteiger partial charge in [-0.2, -0.15) is 0 Å². The molecule has 1 amide bonds. The average molecular weight is 306 g/mol. The lowest BCUT2D eigenvalue weighted by molar-refractivity contribution is 0.0945. The molecule has 0 unspecified atom stereocenters. The second-order valence-electron chi connectivity index (χ2n) is 4.37. The minimum atomic E-state index is -0.221. The molecule has 0 atom stereocenters. The second-order valence-corrected chi connectivity index (χ2v) is 4.76. The standard InChI is InChI=1S/C15H16ClN3O2/c16-14-6-5-11(10-19-14)9-18-13-4-2-1-3-12(13)15(21)17-7-8-20/h1-6,10,18,20H,7-9H2,(H,17,21). The Balaban J connectivity index is 2.06. The molecule has 0 bridgehead atoms. The number of hydrogen-bond donors (Lipinski definition) is 3. The van der Waals surface area contributed by atoms with Crippen LogP contribution >= 0.6 is 11.6 Å². The first kappa shape index (κ1) is 15.3. The minimum Gasteiger partial charge on any atom is -0.395 e. The van der Waals surface area contributed by atoms with Crippen LogP contribution in [0.15, 0.2) is 42.6 Å². The van der Waals surface area contributed by atoms with Gasteiger partial charge in [0.25, 0.3) is 5.91 Å². The number of halogens is 1. The zero-order chi connectivity index (χ0) is 15.1. The number of aromatic nitrogens is 1. The fourth-order valence-electron chi connectivity index (χ4n) is 1.81. The van der Waals surface area contributed by atoms with E-state index in [0.29, 0.717) is 17.3 Å². The molecule has 0 aliphatic heterocycles. The summed E-state index contributed by atoms with van der Waals surface area (Å²) in [7, 11) is 0. The summed E-state index contributed by atoms with van der Waals surface area (Å²) in [5, 5.41) is 15.0. The van der Waals surface area contributed by atoms with Gasteiger partial charge >= 0.3 is 0 Å². The van der Waals surface area contributed by atoms with E-state index in [1.54, 1.807) is 24.4 Å². The number of carbonyl (C=O) groups excluding carboxylic acids is 1. The van der Waals surface area contributed by atoms with E-state index in [2.05, 4.69) is 15.6 Å². The average Bonchev–Trinajstić information content (AvgIpc) is 2.52. The molecule has 1 aromatic carbocycles. The number of amides is 1. The molecule has 0 saturated carbocycles. The van der Waals surface area contributed by atoms with Gasteiger partial charge in [0.15, 0.2) is 0 Å². The number of anilines is 1. The molecule has 1 heterocycles. The van der Waals surface area contributed by atoms with Crippen LogP contribution in [-0.2, 0) is 6.54 Å². The lowest BCUT2D eigenvalue weighted by Crippen LogP contribution is -2.27. The van der Waals surface area contributed by atoms with E-state index in [1.165, 1.54) is 0 Å². The third-order valence-corrected chi connectivity index (χ3v) is 3.06. The van der Waals surface area contributed by atoms with Gasteiger partial charge in [-0.3, -0.25) is 4.79 Å². The van der Waals surface area contributed by atoms with E-state index in [-0.39, 0.29) is 19.1 Å². The normalized spacial score (nSPS) is 10.2. The summed E-state index contributed by atoms with van der Waals surface area (Å²) in [6.45, 7) is 0.681. The number of nitrogens with zero attached hydrogens (tertiary/aromatic N) is 1. The zero-order valence-corrected chi connectivity index (χ0v) is 12.1. The topological polar surface area (TPSA) is 74.2 Å². The largest absolute Gasteiger partial charge is 0.395 e. The van der Waals surface area contributed by atoms with Crippen molar-refractivity contribution in [3.8, 4) is 0 Å².